The van der Waals surface area contributed by atoms with Crippen LogP contribution < -0.4 is 0 Å². The number of hydrogen-bond acceptors (Lipinski definition) is 4. The molecule has 1 aliphatic carbocycles. The number of nitrogens with zero attached hydrogens (tertiary/aromatic N) is 1. The average Bonchev–Trinajstić information content (AvgIpc) is 3.45. The van der Waals surface area contributed by atoms with Gasteiger partial charge in [0.05, 0.1) is 5.52 Å². The number of aromatic nitrogens is 1. The molecule has 0 amide bonds. The molecule has 0 unspecified atom stereocenters. The van der Waals surface area contributed by atoms with Crippen molar-refractivity contribution in [3.63, 3.8) is 0 Å². The first kappa shape index (κ1) is 34.8. The molecule has 6 rings (SSSR count). The van der Waals surface area contributed by atoms with Gasteiger partial charge >= 0.3 is 0 Å². The Morgan fingerprint density at radius 3 is 2.16 bits per heavy atom. The van der Waals surface area contributed by atoms with Crippen LogP contribution in [0.5, 0.6) is 0 Å². The molecule has 237 valence electrons. The zero-order chi connectivity index (χ0) is 32.2. The van der Waals surface area contributed by atoms with Crippen molar-refractivity contribution in [3.05, 3.63) is 101 Å². The summed E-state index contributed by atoms with van der Waals surface area (Å²) >= 11 is 1.91. The molecular weight excluding hydrogens is 751 g/mol. The first-order chi connectivity index (χ1) is 20.5. The molecule has 5 aromatic rings. The topological polar surface area (TPSA) is 50.2 Å². The van der Waals surface area contributed by atoms with Crippen LogP contribution in [0, 0.1) is 16.9 Å². The molecule has 3 aromatic carbocycles. The molecule has 1 aliphatic rings. The van der Waals surface area contributed by atoms with Gasteiger partial charge < -0.3 is 5.11 Å². The van der Waals surface area contributed by atoms with Crippen LogP contribution in [0.1, 0.15) is 91.8 Å². The zero-order valence-corrected chi connectivity index (χ0v) is 31.3. The minimum Gasteiger partial charge on any atom is -0.512 e. The van der Waals surface area contributed by atoms with E-state index in [-0.39, 0.29) is 42.5 Å². The minimum atomic E-state index is -0.417. The molecule has 0 saturated heterocycles. The van der Waals surface area contributed by atoms with E-state index in [0.29, 0.717) is 5.92 Å². The number of carbonyl (C=O) groups is 1. The first-order valence-corrected chi connectivity index (χ1v) is 16.3. The number of hydrogen-bond donors (Lipinski definition) is 1. The molecule has 2 aromatic heterocycles. The Morgan fingerprint density at radius 1 is 0.911 bits per heavy atom. The summed E-state index contributed by atoms with van der Waals surface area (Å²) in [6.45, 7) is 20.4. The van der Waals surface area contributed by atoms with Crippen molar-refractivity contribution in [1.29, 1.82) is 0 Å². The Hall–Kier alpha value is -3.11. The number of para-hydroxylation sites is 1. The number of thiophene rings is 1. The minimum absolute atomic E-state index is 0. The molecule has 0 aliphatic heterocycles. The van der Waals surface area contributed by atoms with Crippen molar-refractivity contribution in [1.82, 2.24) is 4.98 Å². The van der Waals surface area contributed by atoms with Crippen molar-refractivity contribution in [2.45, 2.75) is 80.6 Å². The molecule has 0 bridgehead atoms. The zero-order valence-electron chi connectivity index (χ0n) is 28.0. The van der Waals surface area contributed by atoms with Crippen molar-refractivity contribution >= 4 is 38.1 Å². The molecule has 1 N–H and O–H groups in total. The summed E-state index contributed by atoms with van der Waals surface area (Å²) in [4.78, 5) is 18.0. The number of carbonyl (C=O) groups excluding carboxylic acids is 1. The summed E-state index contributed by atoms with van der Waals surface area (Å²) in [6.07, 6.45) is 1.33. The van der Waals surface area contributed by atoms with Gasteiger partial charge in [-0.15, -0.1) is 40.7 Å². The van der Waals surface area contributed by atoms with E-state index < -0.39 is 5.41 Å². The molecule has 5 heteroatoms. The van der Waals surface area contributed by atoms with Crippen molar-refractivity contribution in [2.75, 3.05) is 0 Å². The van der Waals surface area contributed by atoms with E-state index in [4.69, 9.17) is 4.98 Å². The van der Waals surface area contributed by atoms with E-state index in [1.807, 2.05) is 52.9 Å². The van der Waals surface area contributed by atoms with Crippen LogP contribution in [0.3, 0.4) is 0 Å². The van der Waals surface area contributed by atoms with E-state index in [9.17, 15) is 9.90 Å². The molecule has 0 fully saturated rings. The van der Waals surface area contributed by atoms with E-state index in [2.05, 4.69) is 100 Å². The fraction of sp³-hybridized carbons (Fsp3) is 0.350. The maximum Gasteiger partial charge on any atom is 0.164 e. The van der Waals surface area contributed by atoms with Gasteiger partial charge in [-0.1, -0.05) is 117 Å². The molecule has 0 saturated carbocycles. The van der Waals surface area contributed by atoms with Gasteiger partial charge in [0, 0.05) is 52.0 Å². The number of aliphatic hydroxyl groups excluding tert-OH is 1. The second kappa shape index (κ2) is 12.6. The average molecular weight is 795 g/mol. The van der Waals surface area contributed by atoms with Crippen LogP contribution in [-0.2, 0) is 30.3 Å². The monoisotopic (exact) mass is 795 g/mol. The number of pyridine rings is 1. The summed E-state index contributed by atoms with van der Waals surface area (Å²) in [7, 11) is 0. The predicted molar refractivity (Wildman–Crippen MR) is 188 cm³/mol. The maximum atomic E-state index is 11.5. The number of allylic oxidation sites excluding steroid dienone is 2. The second-order valence-corrected chi connectivity index (χ2v) is 15.8. The van der Waals surface area contributed by atoms with Crippen LogP contribution in [0.15, 0.2) is 78.6 Å². The third-order valence-corrected chi connectivity index (χ3v) is 9.69. The van der Waals surface area contributed by atoms with Crippen molar-refractivity contribution in [2.24, 2.45) is 10.8 Å². The Morgan fingerprint density at radius 2 is 1.53 bits per heavy atom. The van der Waals surface area contributed by atoms with Gasteiger partial charge in [-0.05, 0) is 45.7 Å². The molecule has 2 heterocycles. The molecule has 45 heavy (non-hydrogen) atoms. The second-order valence-electron chi connectivity index (χ2n) is 14.7. The fourth-order valence-electron chi connectivity index (χ4n) is 5.88. The van der Waals surface area contributed by atoms with E-state index in [1.54, 1.807) is 0 Å². The van der Waals surface area contributed by atoms with Gasteiger partial charge in [-0.25, -0.2) is 0 Å². The van der Waals surface area contributed by atoms with Gasteiger partial charge in [0.2, 0.25) is 0 Å². The molecule has 0 spiro atoms. The van der Waals surface area contributed by atoms with E-state index in [0.717, 1.165) is 16.8 Å². The first-order valence-electron chi connectivity index (χ1n) is 15.4. The fourth-order valence-corrected chi connectivity index (χ4v) is 7.28. The quantitative estimate of drug-likeness (QED) is 0.112. The Bertz CT molecular complexity index is 1920. The number of benzene rings is 3. The summed E-state index contributed by atoms with van der Waals surface area (Å²) < 4.78 is 1.37. The largest absolute Gasteiger partial charge is 0.512 e. The summed E-state index contributed by atoms with van der Waals surface area (Å²) in [6, 6.07) is 27.5. The van der Waals surface area contributed by atoms with Gasteiger partial charge in [0.25, 0.3) is 0 Å². The van der Waals surface area contributed by atoms with Crippen LogP contribution in [0.4, 0.5) is 0 Å². The Labute approximate surface area is 286 Å². The summed E-state index contributed by atoms with van der Waals surface area (Å²) in [5, 5.41) is 12.2. The van der Waals surface area contributed by atoms with Crippen LogP contribution in [0.2, 0.25) is 0 Å². The third kappa shape index (κ3) is 6.59. The van der Waals surface area contributed by atoms with Crippen LogP contribution in [-0.4, -0.2) is 15.9 Å². The normalized spacial score (nSPS) is 14.1. The maximum absolute atomic E-state index is 11.5. The van der Waals surface area contributed by atoms with E-state index >= 15 is 0 Å². The van der Waals surface area contributed by atoms with E-state index in [1.165, 1.54) is 48.7 Å². The van der Waals surface area contributed by atoms with Gasteiger partial charge in [0.1, 0.15) is 5.76 Å². The molecule has 3 nitrogen and oxygen atoms in total. The number of aliphatic hydroxyl groups is 1. The molecule has 1 radical (unpaired) electrons. The summed E-state index contributed by atoms with van der Waals surface area (Å²) in [5.74, 6) is 0.536. The third-order valence-electron chi connectivity index (χ3n) is 8.49. The summed E-state index contributed by atoms with van der Waals surface area (Å²) in [5.41, 5.74) is 7.88. The number of fused-ring (bicyclic) bond motifs is 6. The van der Waals surface area contributed by atoms with Gasteiger partial charge in [-0.3, -0.25) is 9.78 Å². The number of rotatable bonds is 3. The van der Waals surface area contributed by atoms with Crippen LogP contribution >= 0.6 is 11.3 Å². The molecule has 0 atom stereocenters. The van der Waals surface area contributed by atoms with Crippen LogP contribution in [0.25, 0.3) is 42.7 Å². The number of ketones is 1. The Kier molecular flexibility index (Phi) is 9.72. The molecular formula is C40H44IrNO2S-. The van der Waals surface area contributed by atoms with Crippen molar-refractivity contribution in [3.8, 4) is 21.7 Å². The Balaban J connectivity index is 0.000000283. The SMILES string of the molecule is CC(C)(C)C(=O)/C=C(\O)C(C)(C)C.CC(C)c1cc(-c2[c-]ccc3c2C(C)(C)c2c-3sc3ccccc23)nc2ccccc12.[Ir]. The van der Waals surface area contributed by atoms with Gasteiger partial charge in [0.15, 0.2) is 5.78 Å². The predicted octanol–water partition coefficient (Wildman–Crippen LogP) is 11.4. The van der Waals surface area contributed by atoms with Crippen molar-refractivity contribution < 1.29 is 30.0 Å². The standard InChI is InChI=1S/C29H24NS.C11H20O2.Ir/c1-17(2)22-16-24(30-23-14-7-5-10-18(22)23)19-12-9-13-21-26(19)29(3,4)27-20-11-6-8-15-25(20)31-28(21)27;1-10(2,3)8(12)7-9(13)11(4,5)6;/h5-11,13-17H,1-4H3;7,12H,1-6H3;/q-1;;/b;8-7-;. The van der Waals surface area contributed by atoms with Gasteiger partial charge in [-0.2, -0.15) is 0 Å². The smallest absolute Gasteiger partial charge is 0.164 e.